The number of benzene rings is 2. The monoisotopic (exact) mass is 329 g/mol. The molecule has 1 aliphatic rings. The Morgan fingerprint density at radius 1 is 1.04 bits per heavy atom. The zero-order valence-corrected chi connectivity index (χ0v) is 14.0. The van der Waals surface area contributed by atoms with Gasteiger partial charge in [-0.05, 0) is 43.2 Å². The maximum absolute atomic E-state index is 12.9. The lowest BCUT2D eigenvalue weighted by Crippen LogP contribution is -2.27. The maximum Gasteiger partial charge on any atom is 0.264 e. The van der Waals surface area contributed by atoms with E-state index in [0.717, 1.165) is 16.9 Å². The molecule has 0 saturated heterocycles. The van der Waals surface area contributed by atoms with E-state index < -0.39 is 10.0 Å². The van der Waals surface area contributed by atoms with E-state index in [1.165, 1.54) is 4.31 Å². The summed E-state index contributed by atoms with van der Waals surface area (Å²) in [6.07, 6.45) is 4.21. The Labute approximate surface area is 137 Å². The molecule has 0 saturated carbocycles. The van der Waals surface area contributed by atoms with Gasteiger partial charge in [0, 0.05) is 6.20 Å². The van der Waals surface area contributed by atoms with E-state index >= 15 is 0 Å². The van der Waals surface area contributed by atoms with Gasteiger partial charge in [-0.25, -0.2) is 8.42 Å². The van der Waals surface area contributed by atoms with Crippen LogP contribution in [-0.2, 0) is 10.0 Å². The molecule has 2 aromatic rings. The first-order valence-electron chi connectivity index (χ1n) is 7.43. The summed E-state index contributed by atoms with van der Waals surface area (Å²) in [5, 5.41) is 0. The molecule has 120 valence electrons. The predicted molar refractivity (Wildman–Crippen MR) is 89.7 cm³/mol. The second-order valence-corrected chi connectivity index (χ2v) is 7.40. The van der Waals surface area contributed by atoms with Gasteiger partial charge < -0.3 is 4.74 Å². The van der Waals surface area contributed by atoms with Gasteiger partial charge in [0.2, 0.25) is 0 Å². The van der Waals surface area contributed by atoms with Crippen molar-refractivity contribution in [3.05, 3.63) is 71.9 Å². The summed E-state index contributed by atoms with van der Waals surface area (Å²) in [6.45, 7) is 1.94. The van der Waals surface area contributed by atoms with Crippen molar-refractivity contribution in [1.29, 1.82) is 0 Å². The van der Waals surface area contributed by atoms with Crippen LogP contribution in [-0.4, -0.2) is 19.8 Å². The minimum absolute atomic E-state index is 0.216. The molecule has 4 nitrogen and oxygen atoms in total. The number of aryl methyl sites for hydroxylation is 1. The van der Waals surface area contributed by atoms with Gasteiger partial charge in [0.15, 0.2) is 0 Å². The third-order valence-electron chi connectivity index (χ3n) is 4.02. The van der Waals surface area contributed by atoms with E-state index in [4.69, 9.17) is 4.74 Å². The molecule has 0 fully saturated rings. The molecule has 0 aliphatic carbocycles. The molecule has 1 unspecified atom stereocenters. The molecule has 0 spiro atoms. The van der Waals surface area contributed by atoms with Crippen molar-refractivity contribution in [3.63, 3.8) is 0 Å². The van der Waals surface area contributed by atoms with E-state index in [2.05, 4.69) is 0 Å². The van der Waals surface area contributed by atoms with Crippen LogP contribution in [0.3, 0.4) is 0 Å². The molecule has 5 heteroatoms. The molecule has 0 aromatic heterocycles. The fourth-order valence-corrected chi connectivity index (χ4v) is 4.20. The average molecular weight is 329 g/mol. The summed E-state index contributed by atoms with van der Waals surface area (Å²) >= 11 is 0. The molecule has 1 atom stereocenters. The molecule has 0 amide bonds. The molecular formula is C18H19NO3S. The van der Waals surface area contributed by atoms with Gasteiger partial charge in [-0.2, -0.15) is 0 Å². The zero-order valence-electron chi connectivity index (χ0n) is 13.1. The number of nitrogens with zero attached hydrogens (tertiary/aromatic N) is 1. The fraction of sp³-hybridized carbons (Fsp3) is 0.222. The van der Waals surface area contributed by atoms with Crippen LogP contribution in [0.25, 0.3) is 0 Å². The van der Waals surface area contributed by atoms with Gasteiger partial charge in [0.1, 0.15) is 5.75 Å². The summed E-state index contributed by atoms with van der Waals surface area (Å²) in [7, 11) is -1.94. The third kappa shape index (κ3) is 2.97. The van der Waals surface area contributed by atoms with E-state index in [9.17, 15) is 8.42 Å². The summed E-state index contributed by atoms with van der Waals surface area (Å²) in [5.41, 5.74) is 1.99. The van der Waals surface area contributed by atoms with Crippen LogP contribution in [0.2, 0.25) is 0 Å². The molecule has 1 aliphatic heterocycles. The van der Waals surface area contributed by atoms with Gasteiger partial charge in [-0.3, -0.25) is 4.31 Å². The Balaban J connectivity index is 1.93. The first-order valence-corrected chi connectivity index (χ1v) is 8.87. The van der Waals surface area contributed by atoms with Crippen molar-refractivity contribution >= 4 is 10.0 Å². The van der Waals surface area contributed by atoms with E-state index in [1.807, 2.05) is 49.4 Å². The number of methoxy groups -OCH3 is 1. The van der Waals surface area contributed by atoms with Crippen LogP contribution >= 0.6 is 0 Å². The van der Waals surface area contributed by atoms with Gasteiger partial charge >= 0.3 is 0 Å². The Bertz CT molecular complexity index is 808. The maximum atomic E-state index is 12.9. The predicted octanol–water partition coefficient (Wildman–Crippen LogP) is 3.65. The standard InChI is InChI=1S/C18H19NO3S/c1-14-5-11-17(12-6-14)23(20,21)19-13-3-4-18(19)15-7-9-16(22-2)10-8-15/h3,5-13,18H,4H2,1-2H3. The smallest absolute Gasteiger partial charge is 0.264 e. The Kier molecular flexibility index (Phi) is 4.13. The molecule has 1 heterocycles. The van der Waals surface area contributed by atoms with Crippen LogP contribution in [0, 0.1) is 6.92 Å². The van der Waals surface area contributed by atoms with Crippen molar-refractivity contribution in [1.82, 2.24) is 4.31 Å². The first kappa shape index (κ1) is 15.6. The summed E-state index contributed by atoms with van der Waals surface area (Å²) in [4.78, 5) is 0.313. The normalized spacial score (nSPS) is 17.5. The summed E-state index contributed by atoms with van der Waals surface area (Å²) < 4.78 is 32.4. The average Bonchev–Trinajstić information content (AvgIpc) is 3.06. The Morgan fingerprint density at radius 2 is 1.70 bits per heavy atom. The highest BCUT2D eigenvalue weighted by atomic mass is 32.2. The van der Waals surface area contributed by atoms with Crippen LogP contribution in [0.1, 0.15) is 23.6 Å². The van der Waals surface area contributed by atoms with Gasteiger partial charge in [0.05, 0.1) is 18.0 Å². The largest absolute Gasteiger partial charge is 0.497 e. The van der Waals surface area contributed by atoms with Crippen molar-refractivity contribution in [2.45, 2.75) is 24.3 Å². The van der Waals surface area contributed by atoms with Crippen LogP contribution in [0.5, 0.6) is 5.75 Å². The quantitative estimate of drug-likeness (QED) is 0.860. The lowest BCUT2D eigenvalue weighted by Gasteiger charge is -2.25. The van der Waals surface area contributed by atoms with E-state index in [1.54, 1.807) is 25.4 Å². The number of rotatable bonds is 4. The SMILES string of the molecule is COc1ccc(C2CC=CN2S(=O)(=O)c2ccc(C)cc2)cc1. The van der Waals surface area contributed by atoms with Crippen LogP contribution in [0.15, 0.2) is 65.7 Å². The Hall–Kier alpha value is -2.27. The number of hydrogen-bond donors (Lipinski definition) is 0. The minimum Gasteiger partial charge on any atom is -0.497 e. The highest BCUT2D eigenvalue weighted by molar-refractivity contribution is 7.89. The number of sulfonamides is 1. The molecule has 0 radical (unpaired) electrons. The highest BCUT2D eigenvalue weighted by Crippen LogP contribution is 2.35. The summed E-state index contributed by atoms with van der Waals surface area (Å²) in [5.74, 6) is 0.757. The lowest BCUT2D eigenvalue weighted by atomic mass is 10.1. The molecule has 0 N–H and O–H groups in total. The van der Waals surface area contributed by atoms with E-state index in [0.29, 0.717) is 11.3 Å². The lowest BCUT2D eigenvalue weighted by molar-refractivity contribution is 0.412. The minimum atomic E-state index is -3.55. The third-order valence-corrected chi connectivity index (χ3v) is 5.81. The number of hydrogen-bond acceptors (Lipinski definition) is 3. The molecule has 23 heavy (non-hydrogen) atoms. The zero-order chi connectivity index (χ0) is 16.4. The van der Waals surface area contributed by atoms with Crippen LogP contribution in [0.4, 0.5) is 0 Å². The molecule has 2 aromatic carbocycles. The van der Waals surface area contributed by atoms with Crippen molar-refractivity contribution in [2.75, 3.05) is 7.11 Å². The second kappa shape index (κ2) is 6.08. The second-order valence-electron chi connectivity index (χ2n) is 5.56. The topological polar surface area (TPSA) is 46.6 Å². The van der Waals surface area contributed by atoms with Gasteiger partial charge in [-0.1, -0.05) is 35.9 Å². The molecule has 0 bridgehead atoms. The van der Waals surface area contributed by atoms with Gasteiger partial charge in [0.25, 0.3) is 10.0 Å². The first-order chi connectivity index (χ1) is 11.0. The Morgan fingerprint density at radius 3 is 2.30 bits per heavy atom. The molecular weight excluding hydrogens is 310 g/mol. The highest BCUT2D eigenvalue weighted by Gasteiger charge is 2.32. The van der Waals surface area contributed by atoms with Gasteiger partial charge in [-0.15, -0.1) is 0 Å². The van der Waals surface area contributed by atoms with Crippen molar-refractivity contribution < 1.29 is 13.2 Å². The number of ether oxygens (including phenoxy) is 1. The van der Waals surface area contributed by atoms with Crippen molar-refractivity contribution in [3.8, 4) is 5.75 Å². The summed E-state index contributed by atoms with van der Waals surface area (Å²) in [6, 6.07) is 14.2. The van der Waals surface area contributed by atoms with Crippen molar-refractivity contribution in [2.24, 2.45) is 0 Å². The van der Waals surface area contributed by atoms with Crippen LogP contribution < -0.4 is 4.74 Å². The molecule has 3 rings (SSSR count). The fourth-order valence-electron chi connectivity index (χ4n) is 2.69. The van der Waals surface area contributed by atoms with E-state index in [-0.39, 0.29) is 6.04 Å².